The van der Waals surface area contributed by atoms with E-state index in [1.54, 1.807) is 0 Å². The first kappa shape index (κ1) is 17.5. The third-order valence-corrected chi connectivity index (χ3v) is 3.91. The van der Waals surface area contributed by atoms with Gasteiger partial charge in [0, 0.05) is 17.1 Å². The molecule has 2 atom stereocenters. The van der Waals surface area contributed by atoms with Gasteiger partial charge in [0.15, 0.2) is 0 Å². The van der Waals surface area contributed by atoms with Gasteiger partial charge in [0.25, 0.3) is 0 Å². The van der Waals surface area contributed by atoms with Gasteiger partial charge in [0.1, 0.15) is 0 Å². The number of benzene rings is 1. The predicted octanol–water partition coefficient (Wildman–Crippen LogP) is 4.63. The maximum absolute atomic E-state index is 6.28. The van der Waals surface area contributed by atoms with Crippen molar-refractivity contribution >= 4 is 11.6 Å². The largest absolute Gasteiger partial charge is 0.326 e. The van der Waals surface area contributed by atoms with Gasteiger partial charge in [-0.1, -0.05) is 50.4 Å². The van der Waals surface area contributed by atoms with Crippen LogP contribution >= 0.6 is 11.6 Å². The number of unbranched alkanes of at least 4 members (excludes halogenated alkanes) is 2. The smallest absolute Gasteiger partial charge is 0.0496 e. The van der Waals surface area contributed by atoms with Crippen molar-refractivity contribution in [2.24, 2.45) is 5.73 Å². The summed E-state index contributed by atoms with van der Waals surface area (Å²) in [6, 6.07) is 8.50. The lowest BCUT2D eigenvalue weighted by Gasteiger charge is -2.35. The minimum atomic E-state index is 0.0992. The van der Waals surface area contributed by atoms with E-state index in [0.717, 1.165) is 18.1 Å². The van der Waals surface area contributed by atoms with Gasteiger partial charge >= 0.3 is 0 Å². The molecule has 0 bridgehead atoms. The summed E-state index contributed by atoms with van der Waals surface area (Å²) in [6.45, 7) is 8.78. The lowest BCUT2D eigenvalue weighted by Crippen LogP contribution is -2.40. The summed E-state index contributed by atoms with van der Waals surface area (Å²) in [5.41, 5.74) is 7.51. The Morgan fingerprint density at radius 2 is 1.75 bits per heavy atom. The maximum Gasteiger partial charge on any atom is 0.0496 e. The average molecular weight is 297 g/mol. The molecule has 2 N–H and O–H groups in total. The Hall–Kier alpha value is -0.570. The molecule has 2 nitrogen and oxygen atoms in total. The highest BCUT2D eigenvalue weighted by Gasteiger charge is 2.23. The molecule has 0 amide bonds. The van der Waals surface area contributed by atoms with Gasteiger partial charge in [-0.2, -0.15) is 0 Å². The van der Waals surface area contributed by atoms with E-state index in [1.807, 2.05) is 12.1 Å². The molecule has 0 fully saturated rings. The number of hydrogen-bond donors (Lipinski definition) is 1. The van der Waals surface area contributed by atoms with Crippen molar-refractivity contribution < 1.29 is 0 Å². The first-order valence-corrected chi connectivity index (χ1v) is 8.23. The monoisotopic (exact) mass is 296 g/mol. The standard InChI is InChI=1S/C17H29ClN2/c1-4-6-11-20(12-7-5-2)17(14(3)19)15-9-8-10-16(18)13-15/h8-10,13-14,17H,4-7,11-12,19H2,1-3H3. The third kappa shape index (κ3) is 5.43. The minimum absolute atomic E-state index is 0.0992. The quantitative estimate of drug-likeness (QED) is 0.720. The lowest BCUT2D eigenvalue weighted by molar-refractivity contribution is 0.171. The fourth-order valence-corrected chi connectivity index (χ4v) is 2.85. The van der Waals surface area contributed by atoms with Crippen molar-refractivity contribution in [3.63, 3.8) is 0 Å². The summed E-state index contributed by atoms with van der Waals surface area (Å²) in [6.07, 6.45) is 4.86. The van der Waals surface area contributed by atoms with Crippen LogP contribution in [0.15, 0.2) is 24.3 Å². The Balaban J connectivity index is 2.93. The fraction of sp³-hybridized carbons (Fsp3) is 0.647. The van der Waals surface area contributed by atoms with Crippen LogP contribution in [0.5, 0.6) is 0 Å². The molecule has 0 aliphatic heterocycles. The molecular weight excluding hydrogens is 268 g/mol. The molecule has 20 heavy (non-hydrogen) atoms. The molecule has 0 saturated carbocycles. The molecule has 2 unspecified atom stereocenters. The van der Waals surface area contributed by atoms with Crippen molar-refractivity contribution in [1.29, 1.82) is 0 Å². The fourth-order valence-electron chi connectivity index (χ4n) is 2.65. The average Bonchev–Trinajstić information content (AvgIpc) is 2.41. The van der Waals surface area contributed by atoms with Gasteiger partial charge in [0.05, 0.1) is 0 Å². The molecular formula is C17H29ClN2. The topological polar surface area (TPSA) is 29.3 Å². The molecule has 1 aromatic rings. The van der Waals surface area contributed by atoms with Crippen LogP contribution in [-0.4, -0.2) is 24.0 Å². The van der Waals surface area contributed by atoms with Crippen LogP contribution in [0.1, 0.15) is 58.1 Å². The number of nitrogens with zero attached hydrogens (tertiary/aromatic N) is 1. The Labute approximate surface area is 129 Å². The van der Waals surface area contributed by atoms with Crippen molar-refractivity contribution in [3.05, 3.63) is 34.9 Å². The van der Waals surface area contributed by atoms with E-state index in [1.165, 1.54) is 31.2 Å². The van der Waals surface area contributed by atoms with E-state index in [0.29, 0.717) is 0 Å². The van der Waals surface area contributed by atoms with Gasteiger partial charge in [-0.05, 0) is 50.6 Å². The van der Waals surface area contributed by atoms with Crippen LogP contribution in [-0.2, 0) is 0 Å². The number of halogens is 1. The molecule has 0 radical (unpaired) electrons. The molecule has 0 saturated heterocycles. The number of rotatable bonds is 9. The van der Waals surface area contributed by atoms with Crippen molar-refractivity contribution in [3.8, 4) is 0 Å². The van der Waals surface area contributed by atoms with E-state index in [9.17, 15) is 0 Å². The highest BCUT2D eigenvalue weighted by Crippen LogP contribution is 2.26. The lowest BCUT2D eigenvalue weighted by atomic mass is 9.98. The van der Waals surface area contributed by atoms with E-state index >= 15 is 0 Å². The Kier molecular flexibility index (Phi) is 8.20. The molecule has 0 heterocycles. The van der Waals surface area contributed by atoms with E-state index in [2.05, 4.69) is 37.8 Å². The molecule has 0 aliphatic carbocycles. The molecule has 1 aromatic carbocycles. The summed E-state index contributed by atoms with van der Waals surface area (Å²) in [5, 5.41) is 0.791. The molecule has 114 valence electrons. The van der Waals surface area contributed by atoms with Crippen LogP contribution in [0.4, 0.5) is 0 Å². The normalized spacial score (nSPS) is 14.5. The SMILES string of the molecule is CCCCN(CCCC)C(c1cccc(Cl)c1)C(C)N. The summed E-state index contributed by atoms with van der Waals surface area (Å²) >= 11 is 6.15. The summed E-state index contributed by atoms with van der Waals surface area (Å²) < 4.78 is 0. The summed E-state index contributed by atoms with van der Waals surface area (Å²) in [7, 11) is 0. The van der Waals surface area contributed by atoms with Crippen LogP contribution in [0, 0.1) is 0 Å². The zero-order valence-electron chi connectivity index (χ0n) is 13.1. The maximum atomic E-state index is 6.28. The van der Waals surface area contributed by atoms with Gasteiger partial charge in [0.2, 0.25) is 0 Å². The van der Waals surface area contributed by atoms with Crippen molar-refractivity contribution in [1.82, 2.24) is 4.90 Å². The zero-order chi connectivity index (χ0) is 15.0. The van der Waals surface area contributed by atoms with E-state index < -0.39 is 0 Å². The van der Waals surface area contributed by atoms with Gasteiger partial charge < -0.3 is 5.73 Å². The Bertz CT molecular complexity index is 371. The summed E-state index contributed by atoms with van der Waals surface area (Å²) in [4.78, 5) is 2.53. The first-order valence-electron chi connectivity index (χ1n) is 7.85. The zero-order valence-corrected chi connectivity index (χ0v) is 13.9. The van der Waals surface area contributed by atoms with Crippen LogP contribution in [0.25, 0.3) is 0 Å². The van der Waals surface area contributed by atoms with Gasteiger partial charge in [-0.25, -0.2) is 0 Å². The first-order chi connectivity index (χ1) is 9.60. The van der Waals surface area contributed by atoms with Gasteiger partial charge in [-0.15, -0.1) is 0 Å². The molecule has 0 aliphatic rings. The van der Waals surface area contributed by atoms with Gasteiger partial charge in [-0.3, -0.25) is 4.90 Å². The van der Waals surface area contributed by atoms with E-state index in [4.69, 9.17) is 17.3 Å². The number of nitrogens with two attached hydrogens (primary N) is 1. The molecule has 0 aromatic heterocycles. The molecule has 3 heteroatoms. The predicted molar refractivity (Wildman–Crippen MR) is 89.2 cm³/mol. The van der Waals surface area contributed by atoms with E-state index in [-0.39, 0.29) is 12.1 Å². The second-order valence-corrected chi connectivity index (χ2v) is 6.04. The summed E-state index contributed by atoms with van der Waals surface area (Å²) in [5.74, 6) is 0. The third-order valence-electron chi connectivity index (χ3n) is 3.68. The highest BCUT2D eigenvalue weighted by atomic mass is 35.5. The second-order valence-electron chi connectivity index (χ2n) is 5.60. The molecule has 0 spiro atoms. The highest BCUT2D eigenvalue weighted by molar-refractivity contribution is 6.30. The minimum Gasteiger partial charge on any atom is -0.326 e. The number of hydrogen-bond acceptors (Lipinski definition) is 2. The van der Waals surface area contributed by atoms with Crippen molar-refractivity contribution in [2.75, 3.05) is 13.1 Å². The van der Waals surface area contributed by atoms with Crippen LogP contribution in [0.3, 0.4) is 0 Å². The van der Waals surface area contributed by atoms with Crippen LogP contribution in [0.2, 0.25) is 5.02 Å². The Morgan fingerprint density at radius 1 is 1.15 bits per heavy atom. The van der Waals surface area contributed by atoms with Crippen LogP contribution < -0.4 is 5.73 Å². The molecule has 1 rings (SSSR count). The Morgan fingerprint density at radius 3 is 2.20 bits per heavy atom. The second kappa shape index (κ2) is 9.38. The van der Waals surface area contributed by atoms with Crippen molar-refractivity contribution in [2.45, 2.75) is 58.5 Å².